The topological polar surface area (TPSA) is 119 Å². The minimum absolute atomic E-state index is 0.141. The summed E-state index contributed by atoms with van der Waals surface area (Å²) < 4.78 is 28.2. The fourth-order valence-corrected chi connectivity index (χ4v) is 4.06. The van der Waals surface area contributed by atoms with E-state index in [1.807, 2.05) is 0 Å². The van der Waals surface area contributed by atoms with Gasteiger partial charge in [-0.25, -0.2) is 8.42 Å². The number of rotatable bonds is 5. The number of aryl methyl sites for hydroxylation is 2. The second-order valence-electron chi connectivity index (χ2n) is 4.19. The summed E-state index contributed by atoms with van der Waals surface area (Å²) in [4.78, 5) is 10.3. The second-order valence-corrected chi connectivity index (χ2v) is 7.15. The average Bonchev–Trinajstić information content (AvgIpc) is 2.93. The van der Waals surface area contributed by atoms with Crippen LogP contribution in [0.2, 0.25) is 0 Å². The Morgan fingerprint density at radius 3 is 2.52 bits per heavy atom. The first-order valence-corrected chi connectivity index (χ1v) is 8.04. The Hall–Kier alpha value is -2.14. The number of nitrogens with zero attached hydrogens (tertiary/aromatic N) is 3. The van der Waals surface area contributed by atoms with Gasteiger partial charge in [-0.1, -0.05) is 11.3 Å². The molecule has 0 amide bonds. The van der Waals surface area contributed by atoms with Crippen molar-refractivity contribution in [1.29, 1.82) is 0 Å². The maximum absolute atomic E-state index is 12.3. The van der Waals surface area contributed by atoms with Crippen LogP contribution in [0.3, 0.4) is 0 Å². The van der Waals surface area contributed by atoms with Gasteiger partial charge in [-0.05, 0) is 6.92 Å². The predicted molar refractivity (Wildman–Crippen MR) is 79.3 cm³/mol. The van der Waals surface area contributed by atoms with Gasteiger partial charge in [0.25, 0.3) is 10.0 Å². The summed E-state index contributed by atoms with van der Waals surface area (Å²) >= 11 is 0.794. The highest BCUT2D eigenvalue weighted by Gasteiger charge is 2.26. The first-order chi connectivity index (χ1) is 9.74. The summed E-state index contributed by atoms with van der Waals surface area (Å²) in [7, 11) is -0.813. The molecule has 9 nitrogen and oxygen atoms in total. The fraction of sp³-hybridized carbons (Fsp3) is 0.300. The Morgan fingerprint density at radius 2 is 2.10 bits per heavy atom. The fourth-order valence-electron chi connectivity index (χ4n) is 1.70. The normalized spacial score (nSPS) is 11.4. The van der Waals surface area contributed by atoms with Gasteiger partial charge in [-0.3, -0.25) is 19.5 Å². The van der Waals surface area contributed by atoms with Gasteiger partial charge in [0.1, 0.15) is 10.0 Å². The van der Waals surface area contributed by atoms with Crippen molar-refractivity contribution in [1.82, 2.24) is 9.78 Å². The number of anilines is 2. The number of sulfonamides is 1. The van der Waals surface area contributed by atoms with Crippen LogP contribution in [0.1, 0.15) is 5.69 Å². The van der Waals surface area contributed by atoms with Gasteiger partial charge in [-0.15, -0.1) is 0 Å². The summed E-state index contributed by atoms with van der Waals surface area (Å²) in [6, 6.07) is 2.60. The van der Waals surface area contributed by atoms with E-state index in [-0.39, 0.29) is 20.7 Å². The highest BCUT2D eigenvalue weighted by molar-refractivity contribution is 7.94. The number of nitro groups is 1. The molecule has 0 aliphatic heterocycles. The zero-order chi connectivity index (χ0) is 15.8. The van der Waals surface area contributed by atoms with Crippen LogP contribution in [0.15, 0.2) is 16.3 Å². The van der Waals surface area contributed by atoms with E-state index in [2.05, 4.69) is 15.1 Å². The number of hydrogen-bond donors (Lipinski definition) is 2. The lowest BCUT2D eigenvalue weighted by molar-refractivity contribution is -0.383. The van der Waals surface area contributed by atoms with E-state index in [1.54, 1.807) is 20.0 Å². The smallest absolute Gasteiger partial charge is 0.304 e. The third-order valence-corrected chi connectivity index (χ3v) is 5.59. The van der Waals surface area contributed by atoms with Crippen LogP contribution < -0.4 is 10.0 Å². The molecule has 0 saturated heterocycles. The SMILES string of the molecule is CNc1sc(S(=O)(=O)Nc2cc(C)nn2C)cc1[N+](=O)[O-]. The number of thiophene rings is 1. The minimum Gasteiger partial charge on any atom is -0.374 e. The predicted octanol–water partition coefficient (Wildman–Crippen LogP) is 1.54. The van der Waals surface area contributed by atoms with Gasteiger partial charge < -0.3 is 5.32 Å². The van der Waals surface area contributed by atoms with Crippen molar-refractivity contribution >= 4 is 37.9 Å². The highest BCUT2D eigenvalue weighted by atomic mass is 32.2. The van der Waals surface area contributed by atoms with Crippen molar-refractivity contribution in [2.75, 3.05) is 17.1 Å². The zero-order valence-corrected chi connectivity index (χ0v) is 13.1. The van der Waals surface area contributed by atoms with Gasteiger partial charge in [0, 0.05) is 26.2 Å². The van der Waals surface area contributed by atoms with E-state index in [4.69, 9.17) is 0 Å². The number of aromatic nitrogens is 2. The lowest BCUT2D eigenvalue weighted by atomic mass is 10.5. The number of nitrogens with one attached hydrogen (secondary N) is 2. The molecule has 21 heavy (non-hydrogen) atoms. The van der Waals surface area contributed by atoms with E-state index in [0.717, 1.165) is 17.4 Å². The Morgan fingerprint density at radius 1 is 1.43 bits per heavy atom. The Bertz CT molecular complexity index is 792. The minimum atomic E-state index is -3.90. The van der Waals surface area contributed by atoms with Crippen LogP contribution in [0.5, 0.6) is 0 Å². The van der Waals surface area contributed by atoms with Crippen molar-refractivity contribution in [3.05, 3.63) is 27.9 Å². The molecular formula is C10H13N5O4S2. The van der Waals surface area contributed by atoms with Gasteiger partial charge in [-0.2, -0.15) is 5.10 Å². The maximum Gasteiger partial charge on any atom is 0.304 e. The summed E-state index contributed by atoms with van der Waals surface area (Å²) in [6.07, 6.45) is 0. The molecule has 0 atom stereocenters. The van der Waals surface area contributed by atoms with E-state index in [0.29, 0.717) is 5.69 Å². The molecule has 2 aromatic rings. The van der Waals surface area contributed by atoms with Crippen molar-refractivity contribution in [2.24, 2.45) is 7.05 Å². The molecule has 0 saturated carbocycles. The molecule has 11 heteroatoms. The molecule has 0 aliphatic rings. The van der Waals surface area contributed by atoms with Crippen LogP contribution in [-0.4, -0.2) is 30.2 Å². The van der Waals surface area contributed by atoms with E-state index in [1.165, 1.54) is 11.7 Å². The summed E-state index contributed by atoms with van der Waals surface area (Å²) in [6.45, 7) is 1.73. The van der Waals surface area contributed by atoms with E-state index in [9.17, 15) is 18.5 Å². The van der Waals surface area contributed by atoms with Crippen LogP contribution in [0, 0.1) is 17.0 Å². The van der Waals surface area contributed by atoms with Crippen LogP contribution in [-0.2, 0) is 17.1 Å². The van der Waals surface area contributed by atoms with Gasteiger partial charge >= 0.3 is 5.69 Å². The van der Waals surface area contributed by atoms with Crippen molar-refractivity contribution in [3.8, 4) is 0 Å². The Labute approximate surface area is 124 Å². The quantitative estimate of drug-likeness (QED) is 0.633. The molecule has 2 heterocycles. The Kier molecular flexibility index (Phi) is 3.87. The third kappa shape index (κ3) is 2.97. The van der Waals surface area contributed by atoms with Crippen molar-refractivity contribution < 1.29 is 13.3 Å². The summed E-state index contributed by atoms with van der Waals surface area (Å²) in [5, 5.41) is 17.7. The summed E-state index contributed by atoms with van der Waals surface area (Å²) in [5.74, 6) is 0.287. The first kappa shape index (κ1) is 15.3. The van der Waals surface area contributed by atoms with Crippen LogP contribution in [0.25, 0.3) is 0 Å². The molecular weight excluding hydrogens is 318 g/mol. The molecule has 0 aliphatic carbocycles. The molecule has 0 fully saturated rings. The highest BCUT2D eigenvalue weighted by Crippen LogP contribution is 2.37. The summed E-state index contributed by atoms with van der Waals surface area (Å²) in [5.41, 5.74) is 0.382. The largest absolute Gasteiger partial charge is 0.374 e. The lowest BCUT2D eigenvalue weighted by Gasteiger charge is -2.05. The zero-order valence-electron chi connectivity index (χ0n) is 11.4. The van der Waals surface area contributed by atoms with Crippen molar-refractivity contribution in [2.45, 2.75) is 11.1 Å². The van der Waals surface area contributed by atoms with Crippen LogP contribution in [0.4, 0.5) is 16.5 Å². The monoisotopic (exact) mass is 331 g/mol. The molecule has 0 bridgehead atoms. The van der Waals surface area contributed by atoms with Crippen molar-refractivity contribution in [3.63, 3.8) is 0 Å². The molecule has 0 aromatic carbocycles. The second kappa shape index (κ2) is 5.33. The molecule has 0 radical (unpaired) electrons. The van der Waals surface area contributed by atoms with Gasteiger partial charge in [0.05, 0.1) is 10.6 Å². The Balaban J connectivity index is 2.40. The number of hydrogen-bond acceptors (Lipinski definition) is 7. The first-order valence-electron chi connectivity index (χ1n) is 5.74. The molecule has 2 aromatic heterocycles. The van der Waals surface area contributed by atoms with E-state index >= 15 is 0 Å². The standard InChI is InChI=1S/C10H13N5O4S2/c1-6-4-8(14(3)12-6)13-21(18,19)9-5-7(15(16)17)10(11-2)20-9/h4-5,11,13H,1-3H3. The maximum atomic E-state index is 12.3. The average molecular weight is 331 g/mol. The third-order valence-electron chi connectivity index (χ3n) is 2.62. The molecule has 114 valence electrons. The molecule has 2 rings (SSSR count). The van der Waals surface area contributed by atoms with E-state index < -0.39 is 14.9 Å². The lowest BCUT2D eigenvalue weighted by Crippen LogP contribution is -2.14. The molecule has 0 spiro atoms. The molecule has 0 unspecified atom stereocenters. The molecule has 2 N–H and O–H groups in total. The van der Waals surface area contributed by atoms with Gasteiger partial charge in [0.15, 0.2) is 5.00 Å². The van der Waals surface area contributed by atoms with Crippen LogP contribution >= 0.6 is 11.3 Å². The van der Waals surface area contributed by atoms with Gasteiger partial charge in [0.2, 0.25) is 0 Å².